The molecule has 1 aliphatic carbocycles. The second kappa shape index (κ2) is 6.37. The second-order valence-corrected chi connectivity index (χ2v) is 7.09. The predicted octanol–water partition coefficient (Wildman–Crippen LogP) is 4.14. The van der Waals surface area contributed by atoms with Crippen LogP contribution in [-0.2, 0) is 15.1 Å². The molecule has 5 nitrogen and oxygen atoms in total. The van der Waals surface area contributed by atoms with Gasteiger partial charge in [0.15, 0.2) is 0 Å². The van der Waals surface area contributed by atoms with E-state index in [1.807, 2.05) is 0 Å². The van der Waals surface area contributed by atoms with Gasteiger partial charge < -0.3 is 14.4 Å². The zero-order chi connectivity index (χ0) is 19.2. The molecule has 0 amide bonds. The third kappa shape index (κ3) is 2.51. The lowest BCUT2D eigenvalue weighted by molar-refractivity contribution is -0.136. The number of Topliss-reactive ketones (excluding diaryl/α,β-unsaturated/α-hetero) is 1. The van der Waals surface area contributed by atoms with Crippen molar-refractivity contribution in [1.29, 1.82) is 0 Å². The Hall–Kier alpha value is -2.89. The van der Waals surface area contributed by atoms with Crippen molar-refractivity contribution >= 4 is 11.8 Å². The van der Waals surface area contributed by atoms with Crippen molar-refractivity contribution in [2.45, 2.75) is 37.6 Å². The van der Waals surface area contributed by atoms with Gasteiger partial charge in [0.25, 0.3) is 0 Å². The standard InChI is InChI=1S/C21H20FNO4/c1-27-20(26)16-18(24)17-15(13-5-7-14(22)8-6-13)9-12-23(17)21(19(16)25)10-3-2-4-11-21/h5-9,12,25H,2-4,10-11H2,1H3. The van der Waals surface area contributed by atoms with Crippen LogP contribution in [0.25, 0.3) is 11.1 Å². The van der Waals surface area contributed by atoms with Crippen LogP contribution in [0.5, 0.6) is 0 Å². The molecule has 1 aliphatic heterocycles. The van der Waals surface area contributed by atoms with Gasteiger partial charge in [0.05, 0.1) is 12.8 Å². The number of halogens is 1. The summed E-state index contributed by atoms with van der Waals surface area (Å²) in [6.07, 6.45) is 5.86. The van der Waals surface area contributed by atoms with Gasteiger partial charge in [-0.25, -0.2) is 9.18 Å². The molecule has 0 saturated heterocycles. The molecule has 2 aliphatic rings. The molecular weight excluding hydrogens is 349 g/mol. The Kier molecular flexibility index (Phi) is 4.13. The molecule has 0 bridgehead atoms. The van der Waals surface area contributed by atoms with E-state index in [0.717, 1.165) is 19.3 Å². The van der Waals surface area contributed by atoms with E-state index in [-0.39, 0.29) is 17.1 Å². The molecular formula is C21H20FNO4. The maximum Gasteiger partial charge on any atom is 0.345 e. The van der Waals surface area contributed by atoms with Crippen LogP contribution in [0.1, 0.15) is 42.6 Å². The Balaban J connectivity index is 1.96. The van der Waals surface area contributed by atoms with Crippen molar-refractivity contribution in [3.05, 3.63) is 59.4 Å². The van der Waals surface area contributed by atoms with Crippen LogP contribution >= 0.6 is 0 Å². The van der Waals surface area contributed by atoms with E-state index in [2.05, 4.69) is 0 Å². The Morgan fingerprint density at radius 1 is 1.15 bits per heavy atom. The number of esters is 1. The van der Waals surface area contributed by atoms with Gasteiger partial charge in [-0.3, -0.25) is 4.79 Å². The van der Waals surface area contributed by atoms with E-state index in [1.165, 1.54) is 19.2 Å². The summed E-state index contributed by atoms with van der Waals surface area (Å²) < 4.78 is 19.9. The van der Waals surface area contributed by atoms with Gasteiger partial charge in [0.1, 0.15) is 22.7 Å². The summed E-state index contributed by atoms with van der Waals surface area (Å²) in [4.78, 5) is 25.5. The van der Waals surface area contributed by atoms with Gasteiger partial charge in [0.2, 0.25) is 5.78 Å². The van der Waals surface area contributed by atoms with Gasteiger partial charge in [-0.05, 0) is 36.6 Å². The third-order valence-electron chi connectivity index (χ3n) is 5.69. The van der Waals surface area contributed by atoms with Crippen molar-refractivity contribution in [1.82, 2.24) is 4.57 Å². The van der Waals surface area contributed by atoms with Crippen molar-refractivity contribution < 1.29 is 23.8 Å². The molecule has 0 atom stereocenters. The van der Waals surface area contributed by atoms with E-state index in [9.17, 15) is 19.1 Å². The summed E-state index contributed by atoms with van der Waals surface area (Å²) in [6, 6.07) is 7.64. The van der Waals surface area contributed by atoms with Crippen molar-refractivity contribution in [2.75, 3.05) is 7.11 Å². The highest BCUT2D eigenvalue weighted by Crippen LogP contribution is 2.47. The zero-order valence-electron chi connectivity index (χ0n) is 15.0. The summed E-state index contributed by atoms with van der Waals surface area (Å²) in [6.45, 7) is 0. The summed E-state index contributed by atoms with van der Waals surface area (Å²) >= 11 is 0. The number of aromatic nitrogens is 1. The van der Waals surface area contributed by atoms with E-state index in [1.54, 1.807) is 29.0 Å². The number of nitrogens with zero attached hydrogens (tertiary/aromatic N) is 1. The maximum atomic E-state index is 13.3. The normalized spacial score (nSPS) is 18.5. The smallest absolute Gasteiger partial charge is 0.345 e. The highest BCUT2D eigenvalue weighted by atomic mass is 19.1. The number of hydrogen-bond acceptors (Lipinski definition) is 4. The summed E-state index contributed by atoms with van der Waals surface area (Å²) in [5, 5.41) is 11.0. The molecule has 1 fully saturated rings. The van der Waals surface area contributed by atoms with Gasteiger partial charge in [-0.2, -0.15) is 0 Å². The van der Waals surface area contributed by atoms with Gasteiger partial charge >= 0.3 is 5.97 Å². The SMILES string of the molecule is COC(=O)C1=C(O)C2(CCCCC2)n2ccc(-c3ccc(F)cc3)c2C1=O. The number of fused-ring (bicyclic) bond motifs is 2. The van der Waals surface area contributed by atoms with Crippen molar-refractivity contribution in [2.24, 2.45) is 0 Å². The number of ketones is 1. The lowest BCUT2D eigenvalue weighted by Gasteiger charge is -2.42. The Bertz CT molecular complexity index is 949. The molecule has 2 aromatic rings. The molecule has 1 N–H and O–H groups in total. The van der Waals surface area contributed by atoms with E-state index >= 15 is 0 Å². The molecule has 1 spiro atoms. The van der Waals surface area contributed by atoms with Gasteiger partial charge in [-0.1, -0.05) is 31.4 Å². The fraction of sp³-hybridized carbons (Fsp3) is 0.333. The number of allylic oxidation sites excluding steroid dienone is 1. The highest BCUT2D eigenvalue weighted by Gasteiger charge is 2.49. The molecule has 1 aromatic carbocycles. The molecule has 1 saturated carbocycles. The van der Waals surface area contributed by atoms with Crippen molar-refractivity contribution in [3.63, 3.8) is 0 Å². The first kappa shape index (κ1) is 17.5. The van der Waals surface area contributed by atoms with Crippen LogP contribution in [0.2, 0.25) is 0 Å². The first-order chi connectivity index (χ1) is 13.0. The number of rotatable bonds is 2. The molecule has 2 heterocycles. The van der Waals surface area contributed by atoms with Gasteiger partial charge in [0, 0.05) is 11.8 Å². The second-order valence-electron chi connectivity index (χ2n) is 7.09. The third-order valence-corrected chi connectivity index (χ3v) is 5.69. The number of methoxy groups -OCH3 is 1. The minimum Gasteiger partial charge on any atom is -0.509 e. The molecule has 4 rings (SSSR count). The first-order valence-corrected chi connectivity index (χ1v) is 9.04. The van der Waals surface area contributed by atoms with Crippen LogP contribution < -0.4 is 0 Å². The molecule has 140 valence electrons. The minimum absolute atomic E-state index is 0.201. The summed E-state index contributed by atoms with van der Waals surface area (Å²) in [5.74, 6) is -1.97. The Labute approximate surface area is 156 Å². The van der Waals surface area contributed by atoms with Gasteiger partial charge in [-0.15, -0.1) is 0 Å². The molecule has 0 radical (unpaired) electrons. The number of aliphatic hydroxyl groups excluding tert-OH is 1. The minimum atomic E-state index is -0.833. The van der Waals surface area contributed by atoms with E-state index < -0.39 is 17.3 Å². The van der Waals surface area contributed by atoms with E-state index in [4.69, 9.17) is 4.74 Å². The number of ether oxygens (including phenoxy) is 1. The maximum absolute atomic E-state index is 13.3. The van der Waals surface area contributed by atoms with Crippen LogP contribution in [0, 0.1) is 5.82 Å². The predicted molar refractivity (Wildman–Crippen MR) is 96.9 cm³/mol. The average molecular weight is 369 g/mol. The largest absolute Gasteiger partial charge is 0.509 e. The number of hydrogen-bond donors (Lipinski definition) is 1. The number of carbonyl (C=O) groups is 2. The van der Waals surface area contributed by atoms with Crippen LogP contribution in [0.15, 0.2) is 47.9 Å². The molecule has 27 heavy (non-hydrogen) atoms. The summed E-state index contributed by atoms with van der Waals surface area (Å²) in [7, 11) is 1.19. The lowest BCUT2D eigenvalue weighted by Crippen LogP contribution is -2.45. The Morgan fingerprint density at radius 2 is 1.81 bits per heavy atom. The van der Waals surface area contributed by atoms with E-state index in [0.29, 0.717) is 29.7 Å². The topological polar surface area (TPSA) is 68.5 Å². The number of benzene rings is 1. The lowest BCUT2D eigenvalue weighted by atomic mass is 9.75. The monoisotopic (exact) mass is 369 g/mol. The molecule has 0 unspecified atom stereocenters. The highest BCUT2D eigenvalue weighted by molar-refractivity contribution is 6.26. The van der Waals surface area contributed by atoms with Crippen LogP contribution in [0.3, 0.4) is 0 Å². The number of carbonyl (C=O) groups excluding carboxylic acids is 2. The van der Waals surface area contributed by atoms with Crippen molar-refractivity contribution in [3.8, 4) is 11.1 Å². The Morgan fingerprint density at radius 3 is 2.44 bits per heavy atom. The fourth-order valence-electron chi connectivity index (χ4n) is 4.36. The first-order valence-electron chi connectivity index (χ1n) is 9.04. The zero-order valence-corrected chi connectivity index (χ0v) is 15.0. The fourth-order valence-corrected chi connectivity index (χ4v) is 4.36. The van der Waals surface area contributed by atoms with Crippen LogP contribution in [-0.4, -0.2) is 28.5 Å². The van der Waals surface area contributed by atoms with Crippen LogP contribution in [0.4, 0.5) is 4.39 Å². The number of aliphatic hydroxyl groups is 1. The average Bonchev–Trinajstić information content (AvgIpc) is 3.14. The summed E-state index contributed by atoms with van der Waals surface area (Å²) in [5.41, 5.74) is 0.508. The quantitative estimate of drug-likeness (QED) is 0.638. The molecule has 6 heteroatoms. The molecule has 1 aromatic heterocycles.